The van der Waals surface area contributed by atoms with Crippen molar-refractivity contribution in [2.45, 2.75) is 0 Å². The zero-order chi connectivity index (χ0) is 41.7. The van der Waals surface area contributed by atoms with Crippen molar-refractivity contribution in [2.75, 3.05) is 4.90 Å². The van der Waals surface area contributed by atoms with E-state index in [4.69, 9.17) is 4.42 Å². The van der Waals surface area contributed by atoms with Crippen LogP contribution in [0.5, 0.6) is 0 Å². The Hall–Kier alpha value is -8.40. The lowest BCUT2D eigenvalue weighted by atomic mass is 9.94. The Morgan fingerprint density at radius 1 is 0.302 bits per heavy atom. The van der Waals surface area contributed by atoms with Gasteiger partial charge in [-0.1, -0.05) is 182 Å². The number of para-hydroxylation sites is 1. The summed E-state index contributed by atoms with van der Waals surface area (Å²) in [5.74, 6) is 0. The SMILES string of the molecule is c1ccc(-c2ccc(N(c3cccc(-c4ccccc4)c3)c3ccc4c5c(-c6ccccc6)c6c(cc5n(-c5ccc(-c7ccccc7)cc5)c4c3)oc3ccccc36)cc2)cc1. The predicted molar refractivity (Wildman–Crippen MR) is 264 cm³/mol. The molecule has 0 N–H and O–H groups in total. The first-order chi connectivity index (χ1) is 31.2. The number of aromatic nitrogens is 1. The van der Waals surface area contributed by atoms with Crippen LogP contribution in [0.25, 0.3) is 93.9 Å². The second-order valence-electron chi connectivity index (χ2n) is 16.1. The first-order valence-electron chi connectivity index (χ1n) is 21.5. The number of benzene rings is 10. The quantitative estimate of drug-likeness (QED) is 0.153. The Balaban J connectivity index is 1.14. The molecule has 296 valence electrons. The summed E-state index contributed by atoms with van der Waals surface area (Å²) in [6, 6.07) is 87.0. The molecule has 12 rings (SSSR count). The molecule has 0 radical (unpaired) electrons. The largest absolute Gasteiger partial charge is 0.456 e. The van der Waals surface area contributed by atoms with Gasteiger partial charge in [0.25, 0.3) is 0 Å². The first kappa shape index (κ1) is 36.5. The van der Waals surface area contributed by atoms with E-state index >= 15 is 0 Å². The fourth-order valence-corrected chi connectivity index (χ4v) is 9.45. The zero-order valence-electron chi connectivity index (χ0n) is 34.4. The van der Waals surface area contributed by atoms with Gasteiger partial charge in [0, 0.05) is 55.9 Å². The molecule has 0 saturated heterocycles. The average molecular weight is 805 g/mol. The minimum atomic E-state index is 0.866. The van der Waals surface area contributed by atoms with Crippen molar-refractivity contribution in [3.05, 3.63) is 243 Å². The molecule has 0 fully saturated rings. The molecule has 3 nitrogen and oxygen atoms in total. The highest BCUT2D eigenvalue weighted by atomic mass is 16.3. The molecule has 12 aromatic rings. The predicted octanol–water partition coefficient (Wildman–Crippen LogP) is 16.8. The molecule has 0 aliphatic carbocycles. The summed E-state index contributed by atoms with van der Waals surface area (Å²) in [5, 5.41) is 4.61. The number of anilines is 3. The first-order valence-corrected chi connectivity index (χ1v) is 21.5. The number of hydrogen-bond donors (Lipinski definition) is 0. The van der Waals surface area contributed by atoms with Crippen LogP contribution in [-0.4, -0.2) is 4.57 Å². The Bertz CT molecular complexity index is 3570. The van der Waals surface area contributed by atoms with Crippen LogP contribution in [0.15, 0.2) is 247 Å². The molecule has 10 aromatic carbocycles. The third kappa shape index (κ3) is 6.38. The van der Waals surface area contributed by atoms with E-state index < -0.39 is 0 Å². The van der Waals surface area contributed by atoms with Gasteiger partial charge in [-0.2, -0.15) is 0 Å². The fraction of sp³-hybridized carbons (Fsp3) is 0. The standard InChI is InChI=1S/C60H40N2O/c1-5-16-41(17-6-1)44-28-32-48(33-29-44)61(50-25-15-24-47(38-50)43-20-9-3-10-21-43)51-36-37-52-54(39-51)62(49-34-30-45(31-35-49)42-18-7-2-8-19-42)55-40-57-60(53-26-13-14-27-56(53)63-57)58(59(52)55)46-22-11-4-12-23-46/h1-40H. The minimum Gasteiger partial charge on any atom is -0.456 e. The van der Waals surface area contributed by atoms with Gasteiger partial charge in [0.05, 0.1) is 11.0 Å². The van der Waals surface area contributed by atoms with Gasteiger partial charge < -0.3 is 13.9 Å². The number of fused-ring (bicyclic) bond motifs is 6. The van der Waals surface area contributed by atoms with Gasteiger partial charge in [-0.3, -0.25) is 0 Å². The van der Waals surface area contributed by atoms with Gasteiger partial charge >= 0.3 is 0 Å². The zero-order valence-corrected chi connectivity index (χ0v) is 34.4. The molecule has 0 aliphatic heterocycles. The highest BCUT2D eigenvalue weighted by molar-refractivity contribution is 6.27. The maximum Gasteiger partial charge on any atom is 0.138 e. The topological polar surface area (TPSA) is 21.3 Å². The molecule has 0 bridgehead atoms. The van der Waals surface area contributed by atoms with Crippen LogP contribution in [0, 0.1) is 0 Å². The van der Waals surface area contributed by atoms with Gasteiger partial charge in [-0.05, 0) is 93.5 Å². The van der Waals surface area contributed by atoms with E-state index in [1.807, 2.05) is 0 Å². The monoisotopic (exact) mass is 804 g/mol. The lowest BCUT2D eigenvalue weighted by Gasteiger charge is -2.26. The van der Waals surface area contributed by atoms with Crippen molar-refractivity contribution in [2.24, 2.45) is 0 Å². The molecule has 0 spiro atoms. The second-order valence-corrected chi connectivity index (χ2v) is 16.1. The Kier molecular flexibility index (Phi) is 8.83. The van der Waals surface area contributed by atoms with E-state index in [1.54, 1.807) is 0 Å². The molecular weight excluding hydrogens is 765 g/mol. The smallest absolute Gasteiger partial charge is 0.138 e. The molecular formula is C60H40N2O. The molecule has 0 amide bonds. The van der Waals surface area contributed by atoms with Gasteiger partial charge in [-0.15, -0.1) is 0 Å². The van der Waals surface area contributed by atoms with E-state index in [-0.39, 0.29) is 0 Å². The van der Waals surface area contributed by atoms with Crippen LogP contribution in [0.2, 0.25) is 0 Å². The van der Waals surface area contributed by atoms with Crippen molar-refractivity contribution in [1.29, 1.82) is 0 Å². The third-order valence-corrected chi connectivity index (χ3v) is 12.4. The van der Waals surface area contributed by atoms with Crippen LogP contribution in [0.1, 0.15) is 0 Å². The molecule has 0 unspecified atom stereocenters. The van der Waals surface area contributed by atoms with Crippen molar-refractivity contribution >= 4 is 60.8 Å². The fourth-order valence-electron chi connectivity index (χ4n) is 9.45. The summed E-state index contributed by atoms with van der Waals surface area (Å²) in [6.07, 6.45) is 0. The summed E-state index contributed by atoms with van der Waals surface area (Å²) >= 11 is 0. The summed E-state index contributed by atoms with van der Waals surface area (Å²) in [5.41, 5.74) is 17.6. The van der Waals surface area contributed by atoms with Crippen molar-refractivity contribution in [3.8, 4) is 50.2 Å². The summed E-state index contributed by atoms with van der Waals surface area (Å²) < 4.78 is 9.16. The number of rotatable bonds is 8. The summed E-state index contributed by atoms with van der Waals surface area (Å²) in [7, 11) is 0. The molecule has 3 heteroatoms. The Morgan fingerprint density at radius 2 is 0.810 bits per heavy atom. The van der Waals surface area contributed by atoms with Gasteiger partial charge in [0.1, 0.15) is 11.2 Å². The third-order valence-electron chi connectivity index (χ3n) is 12.4. The van der Waals surface area contributed by atoms with Gasteiger partial charge in [-0.25, -0.2) is 0 Å². The summed E-state index contributed by atoms with van der Waals surface area (Å²) in [6.45, 7) is 0. The number of nitrogens with zero attached hydrogens (tertiary/aromatic N) is 2. The normalized spacial score (nSPS) is 11.5. The maximum atomic E-state index is 6.73. The van der Waals surface area contributed by atoms with E-state index in [9.17, 15) is 0 Å². The van der Waals surface area contributed by atoms with Crippen molar-refractivity contribution in [3.63, 3.8) is 0 Å². The van der Waals surface area contributed by atoms with E-state index in [0.29, 0.717) is 0 Å². The molecule has 63 heavy (non-hydrogen) atoms. The van der Waals surface area contributed by atoms with Crippen LogP contribution in [-0.2, 0) is 0 Å². The maximum absolute atomic E-state index is 6.73. The Morgan fingerprint density at radius 3 is 1.46 bits per heavy atom. The highest BCUT2D eigenvalue weighted by Gasteiger charge is 2.24. The van der Waals surface area contributed by atoms with E-state index in [1.165, 1.54) is 44.2 Å². The molecule has 0 aliphatic rings. The molecule has 2 aromatic heterocycles. The van der Waals surface area contributed by atoms with Crippen LogP contribution in [0.3, 0.4) is 0 Å². The number of hydrogen-bond acceptors (Lipinski definition) is 2. The van der Waals surface area contributed by atoms with Crippen LogP contribution >= 0.6 is 0 Å². The number of furan rings is 1. The molecule has 0 saturated carbocycles. The van der Waals surface area contributed by atoms with E-state index in [0.717, 1.165) is 66.8 Å². The lowest BCUT2D eigenvalue weighted by molar-refractivity contribution is 0.669. The minimum absolute atomic E-state index is 0.866. The van der Waals surface area contributed by atoms with Gasteiger partial charge in [0.2, 0.25) is 0 Å². The van der Waals surface area contributed by atoms with Gasteiger partial charge in [0.15, 0.2) is 0 Å². The van der Waals surface area contributed by atoms with Crippen molar-refractivity contribution < 1.29 is 4.42 Å². The average Bonchev–Trinajstić information content (AvgIpc) is 3.90. The molecule has 2 heterocycles. The second kappa shape index (κ2) is 15.3. The van der Waals surface area contributed by atoms with E-state index in [2.05, 4.69) is 252 Å². The lowest BCUT2D eigenvalue weighted by Crippen LogP contribution is -2.10. The van der Waals surface area contributed by atoms with Crippen LogP contribution in [0.4, 0.5) is 17.1 Å². The molecule has 0 atom stereocenters. The summed E-state index contributed by atoms with van der Waals surface area (Å²) in [4.78, 5) is 2.39. The van der Waals surface area contributed by atoms with Crippen molar-refractivity contribution in [1.82, 2.24) is 4.57 Å². The Labute approximate surface area is 366 Å². The highest BCUT2D eigenvalue weighted by Crippen LogP contribution is 2.48. The van der Waals surface area contributed by atoms with Crippen LogP contribution < -0.4 is 4.90 Å².